The lowest BCUT2D eigenvalue weighted by Gasteiger charge is -2.16. The second kappa shape index (κ2) is 7.05. The van der Waals surface area contributed by atoms with Crippen molar-refractivity contribution < 1.29 is 19.6 Å². The molecule has 1 aliphatic rings. The number of pyridine rings is 1. The maximum absolute atomic E-state index is 12.6. The van der Waals surface area contributed by atoms with Gasteiger partial charge in [-0.25, -0.2) is 5.48 Å². The van der Waals surface area contributed by atoms with E-state index in [0.717, 1.165) is 10.5 Å². The summed E-state index contributed by atoms with van der Waals surface area (Å²) in [7, 11) is 0. The molecule has 0 bridgehead atoms. The molecule has 28 heavy (non-hydrogen) atoms. The zero-order chi connectivity index (χ0) is 19.7. The van der Waals surface area contributed by atoms with Crippen molar-refractivity contribution in [1.82, 2.24) is 15.4 Å². The highest BCUT2D eigenvalue weighted by Gasteiger charge is 2.36. The molecule has 1 aromatic heterocycles. The molecule has 7 nitrogen and oxygen atoms in total. The van der Waals surface area contributed by atoms with Gasteiger partial charge in [-0.15, -0.1) is 0 Å². The molecular weight excluding hydrogens is 358 g/mol. The molecule has 0 fully saturated rings. The molecule has 0 saturated carbocycles. The van der Waals surface area contributed by atoms with Crippen molar-refractivity contribution in [1.29, 1.82) is 0 Å². The minimum absolute atomic E-state index is 0.0505. The Morgan fingerprint density at radius 3 is 2.46 bits per heavy atom. The van der Waals surface area contributed by atoms with Crippen LogP contribution in [-0.2, 0) is 6.54 Å². The predicted octanol–water partition coefficient (Wildman–Crippen LogP) is 2.66. The molecule has 7 heteroatoms. The number of imide groups is 1. The molecule has 2 heterocycles. The molecule has 3 aromatic rings. The van der Waals surface area contributed by atoms with E-state index in [9.17, 15) is 14.4 Å². The predicted molar refractivity (Wildman–Crippen MR) is 99.6 cm³/mol. The number of carbonyl (C=O) groups excluding carboxylic acids is 3. The van der Waals surface area contributed by atoms with Crippen LogP contribution in [0, 0.1) is 0 Å². The minimum Gasteiger partial charge on any atom is -0.288 e. The van der Waals surface area contributed by atoms with E-state index in [4.69, 9.17) is 5.21 Å². The monoisotopic (exact) mass is 373 g/mol. The number of nitrogens with one attached hydrogen (secondary N) is 1. The van der Waals surface area contributed by atoms with Crippen LogP contribution < -0.4 is 5.48 Å². The van der Waals surface area contributed by atoms with Crippen LogP contribution in [0.3, 0.4) is 0 Å². The Morgan fingerprint density at radius 2 is 1.75 bits per heavy atom. The Balaban J connectivity index is 1.71. The summed E-state index contributed by atoms with van der Waals surface area (Å²) in [6, 6.07) is 17.3. The molecule has 0 spiro atoms. The zero-order valence-electron chi connectivity index (χ0n) is 14.6. The van der Waals surface area contributed by atoms with Crippen LogP contribution >= 0.6 is 0 Å². The van der Waals surface area contributed by atoms with E-state index in [2.05, 4.69) is 4.98 Å². The standard InChI is InChI=1S/C21H15N3O4/c25-19(23-28)15-9-8-13(11-17(15)14-5-2-1-3-6-14)12-24-20(26)16-7-4-10-22-18(16)21(24)27/h1-11,28H,12H2,(H,23,25). The molecule has 0 aliphatic carbocycles. The van der Waals surface area contributed by atoms with Gasteiger partial charge < -0.3 is 0 Å². The van der Waals surface area contributed by atoms with Gasteiger partial charge in [-0.05, 0) is 41.0 Å². The fourth-order valence-electron chi connectivity index (χ4n) is 3.24. The number of benzene rings is 2. The number of rotatable bonds is 4. The van der Waals surface area contributed by atoms with Crippen molar-refractivity contribution in [3.63, 3.8) is 0 Å². The third kappa shape index (κ3) is 2.93. The van der Waals surface area contributed by atoms with Crippen molar-refractivity contribution in [3.05, 3.63) is 89.2 Å². The number of amides is 3. The first-order valence-electron chi connectivity index (χ1n) is 8.54. The van der Waals surface area contributed by atoms with Crippen molar-refractivity contribution in [2.75, 3.05) is 0 Å². The van der Waals surface area contributed by atoms with E-state index in [0.29, 0.717) is 11.1 Å². The summed E-state index contributed by atoms with van der Waals surface area (Å²) in [5.74, 6) is -1.49. The average Bonchev–Trinajstić information content (AvgIpc) is 2.99. The van der Waals surface area contributed by atoms with Crippen LogP contribution in [0.25, 0.3) is 11.1 Å². The summed E-state index contributed by atoms with van der Waals surface area (Å²) < 4.78 is 0. The normalized spacial score (nSPS) is 12.8. The van der Waals surface area contributed by atoms with Gasteiger partial charge in [0.1, 0.15) is 5.69 Å². The Labute approximate surface area is 160 Å². The second-order valence-corrected chi connectivity index (χ2v) is 6.28. The lowest BCUT2D eigenvalue weighted by molar-refractivity contribution is 0.0639. The van der Waals surface area contributed by atoms with E-state index < -0.39 is 17.7 Å². The van der Waals surface area contributed by atoms with Crippen LogP contribution in [0.15, 0.2) is 66.9 Å². The van der Waals surface area contributed by atoms with Gasteiger partial charge in [0.05, 0.1) is 12.1 Å². The summed E-state index contributed by atoms with van der Waals surface area (Å²) in [6.07, 6.45) is 1.48. The van der Waals surface area contributed by atoms with E-state index in [1.807, 2.05) is 30.3 Å². The largest absolute Gasteiger partial charge is 0.288 e. The van der Waals surface area contributed by atoms with Crippen LogP contribution in [0.4, 0.5) is 0 Å². The van der Waals surface area contributed by atoms with Gasteiger partial charge in [0.25, 0.3) is 17.7 Å². The van der Waals surface area contributed by atoms with E-state index in [1.165, 1.54) is 6.20 Å². The highest BCUT2D eigenvalue weighted by Crippen LogP contribution is 2.28. The fraction of sp³-hybridized carbons (Fsp3) is 0.0476. The molecule has 0 radical (unpaired) electrons. The summed E-state index contributed by atoms with van der Waals surface area (Å²) in [5.41, 5.74) is 4.38. The molecule has 4 rings (SSSR count). The number of hydrogen-bond acceptors (Lipinski definition) is 5. The Bertz CT molecular complexity index is 1060. The molecular formula is C21H15N3O4. The van der Waals surface area contributed by atoms with Gasteiger partial charge in [-0.2, -0.15) is 0 Å². The summed E-state index contributed by atoms with van der Waals surface area (Å²) in [4.78, 5) is 42.3. The van der Waals surface area contributed by atoms with E-state index in [1.54, 1.807) is 35.8 Å². The lowest BCUT2D eigenvalue weighted by atomic mass is 9.96. The molecule has 138 valence electrons. The SMILES string of the molecule is O=C(NO)c1ccc(CN2C(=O)c3cccnc3C2=O)cc1-c1ccccc1. The van der Waals surface area contributed by atoms with Crippen LogP contribution in [0.5, 0.6) is 0 Å². The van der Waals surface area contributed by atoms with Gasteiger partial charge in [-0.1, -0.05) is 36.4 Å². The van der Waals surface area contributed by atoms with E-state index >= 15 is 0 Å². The highest BCUT2D eigenvalue weighted by atomic mass is 16.5. The third-order valence-corrected chi connectivity index (χ3v) is 4.59. The Hall–Kier alpha value is -3.84. The summed E-state index contributed by atoms with van der Waals surface area (Å²) in [6.45, 7) is 0.0505. The molecule has 0 atom stereocenters. The van der Waals surface area contributed by atoms with Gasteiger partial charge >= 0.3 is 0 Å². The summed E-state index contributed by atoms with van der Waals surface area (Å²) >= 11 is 0. The zero-order valence-corrected chi connectivity index (χ0v) is 14.6. The minimum atomic E-state index is -0.643. The maximum Gasteiger partial charge on any atom is 0.280 e. The molecule has 1 aliphatic heterocycles. The molecule has 2 N–H and O–H groups in total. The van der Waals surface area contributed by atoms with Gasteiger partial charge in [-0.3, -0.25) is 29.5 Å². The number of nitrogens with zero attached hydrogens (tertiary/aromatic N) is 2. The smallest absolute Gasteiger partial charge is 0.280 e. The van der Waals surface area contributed by atoms with Crippen molar-refractivity contribution in [3.8, 4) is 11.1 Å². The Kier molecular flexibility index (Phi) is 4.42. The molecule has 3 amide bonds. The van der Waals surface area contributed by atoms with Crippen LogP contribution in [-0.4, -0.2) is 32.8 Å². The van der Waals surface area contributed by atoms with Gasteiger partial charge in [0.2, 0.25) is 0 Å². The molecule has 0 unspecified atom stereocenters. The first kappa shape index (κ1) is 17.6. The molecule has 2 aromatic carbocycles. The number of carbonyl (C=O) groups is 3. The topological polar surface area (TPSA) is 99.6 Å². The Morgan fingerprint density at radius 1 is 0.964 bits per heavy atom. The van der Waals surface area contributed by atoms with Crippen molar-refractivity contribution in [2.45, 2.75) is 6.54 Å². The fourth-order valence-corrected chi connectivity index (χ4v) is 3.24. The van der Waals surface area contributed by atoms with E-state index in [-0.39, 0.29) is 23.4 Å². The van der Waals surface area contributed by atoms with Crippen LogP contribution in [0.2, 0.25) is 0 Å². The maximum atomic E-state index is 12.6. The van der Waals surface area contributed by atoms with Crippen molar-refractivity contribution in [2.24, 2.45) is 0 Å². The quantitative estimate of drug-likeness (QED) is 0.416. The van der Waals surface area contributed by atoms with Gasteiger partial charge in [0, 0.05) is 11.8 Å². The molecule has 0 saturated heterocycles. The number of hydroxylamine groups is 1. The third-order valence-electron chi connectivity index (χ3n) is 4.59. The first-order valence-corrected chi connectivity index (χ1v) is 8.54. The number of hydrogen-bond donors (Lipinski definition) is 2. The second-order valence-electron chi connectivity index (χ2n) is 6.28. The number of aromatic nitrogens is 1. The summed E-state index contributed by atoms with van der Waals surface area (Å²) in [5, 5.41) is 9.02. The lowest BCUT2D eigenvalue weighted by Crippen LogP contribution is -2.29. The first-order chi connectivity index (χ1) is 13.6. The van der Waals surface area contributed by atoms with Crippen LogP contribution in [0.1, 0.15) is 36.8 Å². The number of fused-ring (bicyclic) bond motifs is 1. The highest BCUT2D eigenvalue weighted by molar-refractivity contribution is 6.20. The van der Waals surface area contributed by atoms with Crippen molar-refractivity contribution >= 4 is 17.7 Å². The average molecular weight is 373 g/mol. The van der Waals surface area contributed by atoms with Gasteiger partial charge in [0.15, 0.2) is 0 Å².